The average molecular weight is 405 g/mol. The van der Waals surface area contributed by atoms with E-state index in [-0.39, 0.29) is 6.61 Å². The molecule has 26 heavy (non-hydrogen) atoms. The van der Waals surface area contributed by atoms with Crippen molar-refractivity contribution in [2.24, 2.45) is 0 Å². The SMILES string of the molecule is O=C(O)C=Cc1ccc(OCc2c(Cl)cccc2Cl)cc1-c1ccsc1. The molecule has 0 aliphatic heterocycles. The van der Waals surface area contributed by atoms with Crippen LogP contribution in [0.15, 0.2) is 59.3 Å². The zero-order chi connectivity index (χ0) is 18.5. The number of hydrogen-bond donors (Lipinski definition) is 1. The molecule has 0 saturated heterocycles. The standard InChI is InChI=1S/C20H14Cl2O3S/c21-18-2-1-3-19(22)17(18)11-25-15-6-4-13(5-7-20(23)24)16(10-15)14-8-9-26-12-14/h1-10,12H,11H2,(H,23,24). The molecule has 3 rings (SSSR count). The van der Waals surface area contributed by atoms with Crippen molar-refractivity contribution >= 4 is 46.6 Å². The molecule has 2 aromatic carbocycles. The second-order valence-electron chi connectivity index (χ2n) is 5.42. The van der Waals surface area contributed by atoms with Gasteiger partial charge in [-0.3, -0.25) is 0 Å². The van der Waals surface area contributed by atoms with Crippen LogP contribution in [-0.4, -0.2) is 11.1 Å². The smallest absolute Gasteiger partial charge is 0.328 e. The van der Waals surface area contributed by atoms with Crippen LogP contribution in [0, 0.1) is 0 Å². The summed E-state index contributed by atoms with van der Waals surface area (Å²) >= 11 is 13.9. The Morgan fingerprint density at radius 3 is 2.58 bits per heavy atom. The topological polar surface area (TPSA) is 46.5 Å². The Morgan fingerprint density at radius 1 is 1.15 bits per heavy atom. The first-order valence-corrected chi connectivity index (χ1v) is 9.38. The first-order chi connectivity index (χ1) is 12.5. The lowest BCUT2D eigenvalue weighted by atomic mass is 10.0. The molecular weight excluding hydrogens is 391 g/mol. The molecule has 0 aliphatic rings. The van der Waals surface area contributed by atoms with Crippen molar-refractivity contribution in [2.75, 3.05) is 0 Å². The third kappa shape index (κ3) is 4.47. The number of carboxylic acids is 1. The van der Waals surface area contributed by atoms with Crippen LogP contribution in [-0.2, 0) is 11.4 Å². The maximum Gasteiger partial charge on any atom is 0.328 e. The van der Waals surface area contributed by atoms with Crippen molar-refractivity contribution in [3.63, 3.8) is 0 Å². The lowest BCUT2D eigenvalue weighted by molar-refractivity contribution is -0.131. The van der Waals surface area contributed by atoms with Gasteiger partial charge in [0.15, 0.2) is 0 Å². The van der Waals surface area contributed by atoms with E-state index in [1.165, 1.54) is 0 Å². The highest BCUT2D eigenvalue weighted by molar-refractivity contribution is 7.08. The van der Waals surface area contributed by atoms with E-state index < -0.39 is 5.97 Å². The molecule has 3 nitrogen and oxygen atoms in total. The van der Waals surface area contributed by atoms with Gasteiger partial charge in [-0.05, 0) is 63.9 Å². The van der Waals surface area contributed by atoms with Crippen LogP contribution in [0.4, 0.5) is 0 Å². The van der Waals surface area contributed by atoms with Gasteiger partial charge >= 0.3 is 5.97 Å². The number of aliphatic carboxylic acids is 1. The van der Waals surface area contributed by atoms with Crippen LogP contribution in [0.5, 0.6) is 5.75 Å². The van der Waals surface area contributed by atoms with E-state index >= 15 is 0 Å². The van der Waals surface area contributed by atoms with E-state index in [0.29, 0.717) is 15.8 Å². The zero-order valence-electron chi connectivity index (χ0n) is 13.5. The molecule has 0 aliphatic carbocycles. The molecule has 0 saturated carbocycles. The number of carbonyl (C=O) groups is 1. The van der Waals surface area contributed by atoms with E-state index in [4.69, 9.17) is 33.0 Å². The Labute approximate surface area is 165 Å². The van der Waals surface area contributed by atoms with Crippen LogP contribution in [0.3, 0.4) is 0 Å². The summed E-state index contributed by atoms with van der Waals surface area (Å²) in [5.74, 6) is -0.343. The molecule has 0 amide bonds. The Hall–Kier alpha value is -2.27. The highest BCUT2D eigenvalue weighted by Gasteiger charge is 2.09. The minimum atomic E-state index is -0.991. The fourth-order valence-electron chi connectivity index (χ4n) is 2.43. The number of ether oxygens (including phenoxy) is 1. The zero-order valence-corrected chi connectivity index (χ0v) is 15.8. The number of thiophene rings is 1. The number of rotatable bonds is 6. The van der Waals surface area contributed by atoms with Gasteiger partial charge in [-0.25, -0.2) is 4.79 Å². The molecule has 1 heterocycles. The van der Waals surface area contributed by atoms with E-state index in [9.17, 15) is 4.79 Å². The number of hydrogen-bond acceptors (Lipinski definition) is 3. The summed E-state index contributed by atoms with van der Waals surface area (Å²) in [6.45, 7) is 0.242. The maximum absolute atomic E-state index is 10.8. The predicted octanol–water partition coefficient (Wildman–Crippen LogP) is 6.40. The van der Waals surface area contributed by atoms with Gasteiger partial charge in [0.2, 0.25) is 0 Å². The van der Waals surface area contributed by atoms with Crippen molar-refractivity contribution in [1.82, 2.24) is 0 Å². The number of benzene rings is 2. The van der Waals surface area contributed by atoms with Gasteiger partial charge in [0.25, 0.3) is 0 Å². The maximum atomic E-state index is 10.8. The van der Waals surface area contributed by atoms with Crippen molar-refractivity contribution in [3.8, 4) is 16.9 Å². The van der Waals surface area contributed by atoms with E-state index in [2.05, 4.69) is 0 Å². The molecule has 0 bridgehead atoms. The van der Waals surface area contributed by atoms with Gasteiger partial charge in [-0.15, -0.1) is 0 Å². The first kappa shape index (κ1) is 18.5. The highest BCUT2D eigenvalue weighted by Crippen LogP contribution is 2.32. The molecule has 1 N–H and O–H groups in total. The predicted molar refractivity (Wildman–Crippen MR) is 107 cm³/mol. The fraction of sp³-hybridized carbons (Fsp3) is 0.0500. The molecule has 3 aromatic rings. The molecule has 6 heteroatoms. The van der Waals surface area contributed by atoms with E-state index in [0.717, 1.165) is 28.3 Å². The highest BCUT2D eigenvalue weighted by atomic mass is 35.5. The molecule has 132 valence electrons. The summed E-state index contributed by atoms with van der Waals surface area (Å²) in [6.07, 6.45) is 2.69. The molecule has 0 radical (unpaired) electrons. The Bertz CT molecular complexity index is 929. The minimum Gasteiger partial charge on any atom is -0.489 e. The van der Waals surface area contributed by atoms with Gasteiger partial charge in [-0.1, -0.05) is 35.3 Å². The van der Waals surface area contributed by atoms with Gasteiger partial charge in [0.05, 0.1) is 0 Å². The van der Waals surface area contributed by atoms with Gasteiger partial charge in [0.1, 0.15) is 12.4 Å². The second-order valence-corrected chi connectivity index (χ2v) is 7.02. The Kier molecular flexibility index (Phi) is 5.99. The summed E-state index contributed by atoms with van der Waals surface area (Å²) in [6, 6.07) is 12.8. The molecule has 0 fully saturated rings. The third-order valence-electron chi connectivity index (χ3n) is 3.71. The van der Waals surface area contributed by atoms with Crippen molar-refractivity contribution in [3.05, 3.63) is 80.5 Å². The minimum absolute atomic E-state index is 0.242. The second kappa shape index (κ2) is 8.41. The Morgan fingerprint density at radius 2 is 1.92 bits per heavy atom. The molecule has 1 aromatic heterocycles. The lowest BCUT2D eigenvalue weighted by Gasteiger charge is -2.12. The normalized spacial score (nSPS) is 11.0. The number of carboxylic acid groups (broad SMARTS) is 1. The Balaban J connectivity index is 1.89. The van der Waals surface area contributed by atoms with Crippen LogP contribution in [0.25, 0.3) is 17.2 Å². The lowest BCUT2D eigenvalue weighted by Crippen LogP contribution is -1.98. The van der Waals surface area contributed by atoms with Crippen LogP contribution >= 0.6 is 34.5 Å². The molecule has 0 atom stereocenters. The summed E-state index contributed by atoms with van der Waals surface area (Å²) in [7, 11) is 0. The summed E-state index contributed by atoms with van der Waals surface area (Å²) in [5, 5.41) is 14.0. The largest absolute Gasteiger partial charge is 0.489 e. The van der Waals surface area contributed by atoms with Gasteiger partial charge in [0, 0.05) is 21.7 Å². The summed E-state index contributed by atoms with van der Waals surface area (Å²) in [5.41, 5.74) is 3.42. The van der Waals surface area contributed by atoms with Crippen molar-refractivity contribution < 1.29 is 14.6 Å². The summed E-state index contributed by atoms with van der Waals surface area (Å²) in [4.78, 5) is 10.8. The quantitative estimate of drug-likeness (QED) is 0.483. The van der Waals surface area contributed by atoms with Crippen molar-refractivity contribution in [2.45, 2.75) is 6.61 Å². The molecular formula is C20H14Cl2O3S. The van der Waals surface area contributed by atoms with Crippen LogP contribution in [0.1, 0.15) is 11.1 Å². The van der Waals surface area contributed by atoms with Crippen LogP contribution in [0.2, 0.25) is 10.0 Å². The van der Waals surface area contributed by atoms with E-state index in [1.54, 1.807) is 41.7 Å². The number of halogens is 2. The van der Waals surface area contributed by atoms with Gasteiger partial charge in [-0.2, -0.15) is 11.3 Å². The van der Waals surface area contributed by atoms with Gasteiger partial charge < -0.3 is 9.84 Å². The van der Waals surface area contributed by atoms with Crippen molar-refractivity contribution in [1.29, 1.82) is 0 Å². The third-order valence-corrected chi connectivity index (χ3v) is 5.10. The summed E-state index contributed by atoms with van der Waals surface area (Å²) < 4.78 is 5.87. The fourth-order valence-corrected chi connectivity index (χ4v) is 3.59. The average Bonchev–Trinajstić information content (AvgIpc) is 3.14. The molecule has 0 unspecified atom stereocenters. The first-order valence-electron chi connectivity index (χ1n) is 7.68. The molecule has 0 spiro atoms. The monoisotopic (exact) mass is 404 g/mol. The van der Waals surface area contributed by atoms with E-state index in [1.807, 2.05) is 29.0 Å². The van der Waals surface area contributed by atoms with Crippen LogP contribution < -0.4 is 4.74 Å².